The summed E-state index contributed by atoms with van der Waals surface area (Å²) in [5.41, 5.74) is 0.0174. The standard InChI is InChI=1S/C20H14F5N3O3/c1-8-19(26-20(29)10-3-4-12-13(5-10)31-7-30-12)9(2)28(27-8)6-11-14(21)16(23)18(25)17(24)15(11)22/h3-5H,6-7H2,1-2H3,(H,26,29). The van der Waals surface area contributed by atoms with Crippen molar-refractivity contribution in [2.45, 2.75) is 20.4 Å². The Morgan fingerprint density at radius 3 is 2.29 bits per heavy atom. The molecule has 0 radical (unpaired) electrons. The Balaban J connectivity index is 1.62. The molecule has 0 atom stereocenters. The van der Waals surface area contributed by atoms with Gasteiger partial charge in [-0.25, -0.2) is 22.0 Å². The molecule has 0 saturated heterocycles. The average Bonchev–Trinajstić information content (AvgIpc) is 3.33. The van der Waals surface area contributed by atoms with Crippen molar-refractivity contribution < 1.29 is 36.2 Å². The number of aromatic nitrogens is 2. The van der Waals surface area contributed by atoms with Gasteiger partial charge in [-0.3, -0.25) is 9.48 Å². The summed E-state index contributed by atoms with van der Waals surface area (Å²) in [4.78, 5) is 12.6. The maximum absolute atomic E-state index is 14.0. The number of halogens is 5. The van der Waals surface area contributed by atoms with Crippen LogP contribution in [0, 0.1) is 42.9 Å². The van der Waals surface area contributed by atoms with Gasteiger partial charge in [-0.15, -0.1) is 0 Å². The van der Waals surface area contributed by atoms with E-state index in [-0.39, 0.29) is 29.4 Å². The second kappa shape index (κ2) is 7.56. The SMILES string of the molecule is Cc1nn(Cc2c(F)c(F)c(F)c(F)c2F)c(C)c1NC(=O)c1ccc2c(c1)OCO2. The Hall–Kier alpha value is -3.63. The molecule has 1 aliphatic heterocycles. The first-order chi connectivity index (χ1) is 14.7. The molecule has 0 saturated carbocycles. The number of hydrogen-bond donors (Lipinski definition) is 1. The second-order valence-electron chi connectivity index (χ2n) is 6.77. The van der Waals surface area contributed by atoms with E-state index < -0.39 is 47.1 Å². The van der Waals surface area contributed by atoms with Gasteiger partial charge in [0.15, 0.2) is 34.8 Å². The quantitative estimate of drug-likeness (QED) is 0.376. The predicted molar refractivity (Wildman–Crippen MR) is 97.6 cm³/mol. The topological polar surface area (TPSA) is 65.4 Å². The molecule has 1 N–H and O–H groups in total. The van der Waals surface area contributed by atoms with Gasteiger partial charge in [-0.05, 0) is 32.0 Å². The lowest BCUT2D eigenvalue weighted by molar-refractivity contribution is 0.102. The van der Waals surface area contributed by atoms with Gasteiger partial charge in [0.05, 0.1) is 29.2 Å². The number of ether oxygens (including phenoxy) is 2. The fraction of sp³-hybridized carbons (Fsp3) is 0.200. The summed E-state index contributed by atoms with van der Waals surface area (Å²) in [7, 11) is 0. The van der Waals surface area contributed by atoms with Crippen molar-refractivity contribution in [3.8, 4) is 11.5 Å². The van der Waals surface area contributed by atoms with E-state index in [0.717, 1.165) is 4.68 Å². The van der Waals surface area contributed by atoms with Crippen molar-refractivity contribution in [2.75, 3.05) is 12.1 Å². The first kappa shape index (κ1) is 20.6. The molecule has 1 aromatic heterocycles. The first-order valence-electron chi connectivity index (χ1n) is 8.94. The monoisotopic (exact) mass is 439 g/mol. The molecule has 6 nitrogen and oxygen atoms in total. The molecular weight excluding hydrogens is 425 g/mol. The molecule has 2 aromatic carbocycles. The summed E-state index contributed by atoms with van der Waals surface area (Å²) >= 11 is 0. The van der Waals surface area contributed by atoms with Gasteiger partial charge in [0, 0.05) is 5.56 Å². The third kappa shape index (κ3) is 3.45. The highest BCUT2D eigenvalue weighted by Gasteiger charge is 2.27. The summed E-state index contributed by atoms with van der Waals surface area (Å²) in [5.74, 6) is -9.78. The van der Waals surface area contributed by atoms with Crippen LogP contribution in [0.15, 0.2) is 18.2 Å². The Labute approximate surface area is 172 Å². The summed E-state index contributed by atoms with van der Waals surface area (Å²) < 4.78 is 79.7. The van der Waals surface area contributed by atoms with E-state index >= 15 is 0 Å². The third-order valence-electron chi connectivity index (χ3n) is 4.86. The zero-order valence-electron chi connectivity index (χ0n) is 16.2. The summed E-state index contributed by atoms with van der Waals surface area (Å²) in [5, 5.41) is 6.70. The molecule has 3 aromatic rings. The second-order valence-corrected chi connectivity index (χ2v) is 6.77. The number of aryl methyl sites for hydroxylation is 1. The molecule has 4 rings (SSSR count). The number of rotatable bonds is 4. The van der Waals surface area contributed by atoms with Gasteiger partial charge < -0.3 is 14.8 Å². The van der Waals surface area contributed by atoms with E-state index in [1.165, 1.54) is 26.0 Å². The minimum atomic E-state index is -2.23. The fourth-order valence-corrected chi connectivity index (χ4v) is 3.19. The van der Waals surface area contributed by atoms with Gasteiger partial charge in [0.1, 0.15) is 0 Å². The van der Waals surface area contributed by atoms with Crippen molar-refractivity contribution in [1.82, 2.24) is 9.78 Å². The van der Waals surface area contributed by atoms with Crippen LogP contribution in [0.3, 0.4) is 0 Å². The number of amides is 1. The van der Waals surface area contributed by atoms with E-state index in [4.69, 9.17) is 9.47 Å². The highest BCUT2D eigenvalue weighted by Crippen LogP contribution is 2.33. The first-order valence-corrected chi connectivity index (χ1v) is 8.94. The number of carbonyl (C=O) groups excluding carboxylic acids is 1. The molecule has 2 heterocycles. The minimum absolute atomic E-state index is 0.0447. The lowest BCUT2D eigenvalue weighted by Crippen LogP contribution is -2.14. The third-order valence-corrected chi connectivity index (χ3v) is 4.86. The number of nitrogens with one attached hydrogen (secondary N) is 1. The summed E-state index contributed by atoms with van der Waals surface area (Å²) in [6.45, 7) is 2.33. The number of hydrogen-bond acceptors (Lipinski definition) is 4. The van der Waals surface area contributed by atoms with Crippen LogP contribution >= 0.6 is 0 Å². The van der Waals surface area contributed by atoms with Crippen LogP contribution < -0.4 is 14.8 Å². The molecule has 1 amide bonds. The van der Waals surface area contributed by atoms with E-state index in [2.05, 4.69) is 10.4 Å². The van der Waals surface area contributed by atoms with Gasteiger partial charge in [0.2, 0.25) is 12.6 Å². The molecule has 31 heavy (non-hydrogen) atoms. The van der Waals surface area contributed by atoms with Gasteiger partial charge >= 0.3 is 0 Å². The summed E-state index contributed by atoms with van der Waals surface area (Å²) in [6, 6.07) is 4.58. The van der Waals surface area contributed by atoms with Crippen LogP contribution in [0.2, 0.25) is 0 Å². The Kier molecular flexibility index (Phi) is 5.03. The molecular formula is C20H14F5N3O3. The van der Waals surface area contributed by atoms with Crippen LogP contribution in [-0.4, -0.2) is 22.5 Å². The van der Waals surface area contributed by atoms with Gasteiger partial charge in [-0.2, -0.15) is 5.10 Å². The van der Waals surface area contributed by atoms with Crippen molar-refractivity contribution in [3.05, 3.63) is 69.8 Å². The number of nitrogens with zero attached hydrogens (tertiary/aromatic N) is 2. The molecule has 1 aliphatic rings. The zero-order chi connectivity index (χ0) is 22.4. The van der Waals surface area contributed by atoms with Gasteiger partial charge in [0.25, 0.3) is 5.91 Å². The highest BCUT2D eigenvalue weighted by atomic mass is 19.2. The molecule has 0 bridgehead atoms. The maximum Gasteiger partial charge on any atom is 0.255 e. The predicted octanol–water partition coefficient (Wildman–Crippen LogP) is 4.22. The fourth-order valence-electron chi connectivity index (χ4n) is 3.19. The highest BCUT2D eigenvalue weighted by molar-refractivity contribution is 6.05. The largest absolute Gasteiger partial charge is 0.454 e. The van der Waals surface area contributed by atoms with Crippen LogP contribution in [0.4, 0.5) is 27.6 Å². The van der Waals surface area contributed by atoms with Crippen molar-refractivity contribution >= 4 is 11.6 Å². The van der Waals surface area contributed by atoms with E-state index in [1.807, 2.05) is 0 Å². The van der Waals surface area contributed by atoms with Crippen molar-refractivity contribution in [3.63, 3.8) is 0 Å². The lowest BCUT2D eigenvalue weighted by atomic mass is 10.1. The van der Waals surface area contributed by atoms with E-state index in [1.54, 1.807) is 6.07 Å². The average molecular weight is 439 g/mol. The summed E-state index contributed by atoms with van der Waals surface area (Å²) in [6.07, 6.45) is 0. The normalized spacial score (nSPS) is 12.4. The lowest BCUT2D eigenvalue weighted by Gasteiger charge is -2.10. The molecule has 162 valence electrons. The Morgan fingerprint density at radius 1 is 1.00 bits per heavy atom. The molecule has 0 aliphatic carbocycles. The van der Waals surface area contributed by atoms with Crippen LogP contribution in [0.5, 0.6) is 11.5 Å². The van der Waals surface area contributed by atoms with Gasteiger partial charge in [-0.1, -0.05) is 0 Å². The van der Waals surface area contributed by atoms with Crippen molar-refractivity contribution in [1.29, 1.82) is 0 Å². The number of fused-ring (bicyclic) bond motifs is 1. The van der Waals surface area contributed by atoms with E-state index in [9.17, 15) is 26.7 Å². The maximum atomic E-state index is 14.0. The molecule has 0 unspecified atom stereocenters. The van der Waals surface area contributed by atoms with Crippen LogP contribution in [-0.2, 0) is 6.54 Å². The number of carbonyl (C=O) groups is 1. The minimum Gasteiger partial charge on any atom is -0.454 e. The number of anilines is 1. The smallest absolute Gasteiger partial charge is 0.255 e. The van der Waals surface area contributed by atoms with Crippen molar-refractivity contribution in [2.24, 2.45) is 0 Å². The van der Waals surface area contributed by atoms with E-state index in [0.29, 0.717) is 11.5 Å². The molecule has 0 fully saturated rings. The zero-order valence-corrected chi connectivity index (χ0v) is 16.2. The number of benzene rings is 2. The molecule has 0 spiro atoms. The molecule has 11 heteroatoms. The Bertz CT molecular complexity index is 1200. The van der Waals surface area contributed by atoms with Crippen LogP contribution in [0.1, 0.15) is 27.3 Å². The Morgan fingerprint density at radius 2 is 1.61 bits per heavy atom. The van der Waals surface area contributed by atoms with Crippen LogP contribution in [0.25, 0.3) is 0 Å².